The first kappa shape index (κ1) is 17.0. The Kier molecular flexibility index (Phi) is 5.12. The first-order valence-corrected chi connectivity index (χ1v) is 7.08. The number of ether oxygens (including phenoxy) is 1. The molecule has 0 spiro atoms. The molecule has 0 saturated heterocycles. The zero-order valence-electron chi connectivity index (χ0n) is 13.1. The third-order valence-corrected chi connectivity index (χ3v) is 2.94. The number of nitrogens with zero attached hydrogens (tertiary/aromatic N) is 2. The van der Waals surface area contributed by atoms with E-state index in [1.165, 1.54) is 18.2 Å². The average Bonchev–Trinajstić information content (AvgIpc) is 3.00. The maximum Gasteiger partial charge on any atom is 0.349 e. The molecule has 0 fully saturated rings. The molecule has 0 amide bonds. The quantitative estimate of drug-likeness (QED) is 0.272. The summed E-state index contributed by atoms with van der Waals surface area (Å²) < 4.78 is 10.5. The Morgan fingerprint density at radius 2 is 2.12 bits per heavy atom. The van der Waals surface area contributed by atoms with Crippen molar-refractivity contribution in [2.75, 3.05) is 0 Å². The highest BCUT2D eigenvalue weighted by molar-refractivity contribution is 5.97. The number of nitro benzene ring substituents is 1. The number of benzene rings is 1. The van der Waals surface area contributed by atoms with Gasteiger partial charge in [-0.2, -0.15) is 5.26 Å². The van der Waals surface area contributed by atoms with Gasteiger partial charge in [-0.1, -0.05) is 12.1 Å². The molecule has 122 valence electrons. The average molecular weight is 326 g/mol. The van der Waals surface area contributed by atoms with Gasteiger partial charge in [0.25, 0.3) is 5.69 Å². The lowest BCUT2D eigenvalue weighted by Crippen LogP contribution is -2.12. The Morgan fingerprint density at radius 1 is 1.38 bits per heavy atom. The van der Waals surface area contributed by atoms with Crippen molar-refractivity contribution < 1.29 is 18.9 Å². The van der Waals surface area contributed by atoms with Crippen molar-refractivity contribution in [3.05, 3.63) is 57.8 Å². The van der Waals surface area contributed by atoms with E-state index in [1.54, 1.807) is 44.2 Å². The first-order chi connectivity index (χ1) is 11.4. The van der Waals surface area contributed by atoms with Crippen LogP contribution in [0.25, 0.3) is 17.4 Å². The molecule has 2 rings (SSSR count). The molecule has 0 aliphatic rings. The first-order valence-electron chi connectivity index (χ1n) is 7.08. The topological polar surface area (TPSA) is 106 Å². The van der Waals surface area contributed by atoms with E-state index in [-0.39, 0.29) is 23.1 Å². The summed E-state index contributed by atoms with van der Waals surface area (Å²) in [5.74, 6) is -0.0750. The number of non-ortho nitro benzene ring substituents is 1. The van der Waals surface area contributed by atoms with E-state index in [4.69, 9.17) is 14.4 Å². The molecule has 1 aromatic heterocycles. The van der Waals surface area contributed by atoms with E-state index in [9.17, 15) is 14.9 Å². The fourth-order valence-corrected chi connectivity index (χ4v) is 1.91. The summed E-state index contributed by atoms with van der Waals surface area (Å²) in [5.41, 5.74) is 0.273. The predicted octanol–water partition coefficient (Wildman–Crippen LogP) is 3.71. The molecule has 1 heterocycles. The van der Waals surface area contributed by atoms with Gasteiger partial charge in [0, 0.05) is 23.8 Å². The van der Waals surface area contributed by atoms with Gasteiger partial charge < -0.3 is 9.15 Å². The van der Waals surface area contributed by atoms with Gasteiger partial charge in [0.2, 0.25) is 0 Å². The van der Waals surface area contributed by atoms with Crippen LogP contribution in [0.4, 0.5) is 5.69 Å². The summed E-state index contributed by atoms with van der Waals surface area (Å²) in [6, 6.07) is 10.9. The Hall–Kier alpha value is -3.40. The lowest BCUT2D eigenvalue weighted by Gasteiger charge is -2.05. The molecule has 7 heteroatoms. The van der Waals surface area contributed by atoms with Gasteiger partial charge in [-0.3, -0.25) is 10.1 Å². The van der Waals surface area contributed by atoms with Crippen LogP contribution in [0.2, 0.25) is 0 Å². The minimum Gasteiger partial charge on any atom is -0.459 e. The summed E-state index contributed by atoms with van der Waals surface area (Å²) in [4.78, 5) is 22.1. The van der Waals surface area contributed by atoms with Crippen LogP contribution in [0.5, 0.6) is 0 Å². The minimum absolute atomic E-state index is 0.0563. The molecule has 0 atom stereocenters. The second-order valence-electron chi connectivity index (χ2n) is 5.13. The summed E-state index contributed by atoms with van der Waals surface area (Å²) in [6.07, 6.45) is 0.928. The smallest absolute Gasteiger partial charge is 0.349 e. The number of carbonyl (C=O) groups excluding carboxylic acids is 1. The molecule has 0 unspecified atom stereocenters. The predicted molar refractivity (Wildman–Crippen MR) is 85.6 cm³/mol. The second-order valence-corrected chi connectivity index (χ2v) is 5.13. The second kappa shape index (κ2) is 7.24. The number of furan rings is 1. The Labute approximate surface area is 137 Å². The van der Waals surface area contributed by atoms with Gasteiger partial charge >= 0.3 is 5.97 Å². The van der Waals surface area contributed by atoms with E-state index in [1.807, 2.05) is 0 Å². The number of nitro groups is 1. The number of esters is 1. The molecular formula is C17H14N2O5. The molecule has 0 N–H and O–H groups in total. The Bertz CT molecular complexity index is 843. The molecule has 0 bridgehead atoms. The molecule has 0 aliphatic heterocycles. The van der Waals surface area contributed by atoms with Crippen molar-refractivity contribution in [3.8, 4) is 17.4 Å². The van der Waals surface area contributed by atoms with Crippen LogP contribution in [0.1, 0.15) is 19.6 Å². The van der Waals surface area contributed by atoms with Gasteiger partial charge in [0.1, 0.15) is 23.2 Å². The molecule has 24 heavy (non-hydrogen) atoms. The number of rotatable bonds is 5. The van der Waals surface area contributed by atoms with Gasteiger partial charge in [-0.05, 0) is 26.0 Å². The summed E-state index contributed by atoms with van der Waals surface area (Å²) in [7, 11) is 0. The van der Waals surface area contributed by atoms with E-state index in [0.29, 0.717) is 11.3 Å². The van der Waals surface area contributed by atoms with Crippen LogP contribution >= 0.6 is 0 Å². The third kappa shape index (κ3) is 4.08. The summed E-state index contributed by atoms with van der Waals surface area (Å²) in [5, 5.41) is 19.9. The van der Waals surface area contributed by atoms with Crippen LogP contribution < -0.4 is 0 Å². The lowest BCUT2D eigenvalue weighted by molar-refractivity contribution is -0.384. The molecule has 0 saturated carbocycles. The fraction of sp³-hybridized carbons (Fsp3) is 0.176. The molecule has 0 radical (unpaired) electrons. The summed E-state index contributed by atoms with van der Waals surface area (Å²) in [6.45, 7) is 3.36. The van der Waals surface area contributed by atoms with Crippen LogP contribution in [-0.2, 0) is 9.53 Å². The maximum atomic E-state index is 11.8. The zero-order chi connectivity index (χ0) is 17.7. The van der Waals surface area contributed by atoms with Crippen LogP contribution in [0.15, 0.2) is 46.4 Å². The van der Waals surface area contributed by atoms with Gasteiger partial charge in [-0.15, -0.1) is 0 Å². The van der Waals surface area contributed by atoms with Crippen LogP contribution in [-0.4, -0.2) is 17.0 Å². The maximum absolute atomic E-state index is 11.8. The molecule has 2 aromatic rings. The fourth-order valence-electron chi connectivity index (χ4n) is 1.91. The number of hydrogen-bond acceptors (Lipinski definition) is 6. The van der Waals surface area contributed by atoms with Crippen molar-refractivity contribution in [1.29, 1.82) is 5.26 Å². The molecule has 1 aromatic carbocycles. The highest BCUT2D eigenvalue weighted by Gasteiger charge is 2.14. The van der Waals surface area contributed by atoms with E-state index < -0.39 is 10.9 Å². The van der Waals surface area contributed by atoms with Crippen molar-refractivity contribution in [1.82, 2.24) is 0 Å². The number of hydrogen-bond donors (Lipinski definition) is 0. The van der Waals surface area contributed by atoms with E-state index >= 15 is 0 Å². The van der Waals surface area contributed by atoms with Crippen molar-refractivity contribution in [2.45, 2.75) is 20.0 Å². The Morgan fingerprint density at radius 3 is 2.75 bits per heavy atom. The van der Waals surface area contributed by atoms with Crippen LogP contribution in [0.3, 0.4) is 0 Å². The van der Waals surface area contributed by atoms with Gasteiger partial charge in [0.05, 0.1) is 11.0 Å². The van der Waals surface area contributed by atoms with E-state index in [2.05, 4.69) is 0 Å². The van der Waals surface area contributed by atoms with Crippen molar-refractivity contribution >= 4 is 17.7 Å². The number of nitriles is 1. The van der Waals surface area contributed by atoms with Gasteiger partial charge in [0.15, 0.2) is 0 Å². The lowest BCUT2D eigenvalue weighted by atomic mass is 10.1. The SMILES string of the molecule is CC(C)OC(=O)/C(C#N)=C/c1ccc(-c2cccc([N+](=O)[O-])c2)o1. The largest absolute Gasteiger partial charge is 0.459 e. The molecular weight excluding hydrogens is 312 g/mol. The number of carbonyl (C=O) groups is 1. The normalized spacial score (nSPS) is 11.2. The Balaban J connectivity index is 2.29. The molecule has 0 aliphatic carbocycles. The van der Waals surface area contributed by atoms with Crippen molar-refractivity contribution in [3.63, 3.8) is 0 Å². The summed E-state index contributed by atoms with van der Waals surface area (Å²) >= 11 is 0. The monoisotopic (exact) mass is 326 g/mol. The molecule has 7 nitrogen and oxygen atoms in total. The highest BCUT2D eigenvalue weighted by atomic mass is 16.6. The van der Waals surface area contributed by atoms with Crippen LogP contribution in [0, 0.1) is 21.4 Å². The van der Waals surface area contributed by atoms with E-state index in [0.717, 1.165) is 0 Å². The minimum atomic E-state index is -0.735. The highest BCUT2D eigenvalue weighted by Crippen LogP contribution is 2.26. The standard InChI is InChI=1S/C17H14N2O5/c1-11(2)23-17(20)13(10-18)9-15-6-7-16(24-15)12-4-3-5-14(8-12)19(21)22/h3-9,11H,1-2H3/b13-9+. The zero-order valence-corrected chi connectivity index (χ0v) is 13.1. The van der Waals surface area contributed by atoms with Crippen molar-refractivity contribution in [2.24, 2.45) is 0 Å². The van der Waals surface area contributed by atoms with Gasteiger partial charge in [-0.25, -0.2) is 4.79 Å². The third-order valence-electron chi connectivity index (χ3n) is 2.94.